The lowest BCUT2D eigenvalue weighted by Crippen LogP contribution is -2.47. The maximum atomic E-state index is 13.7. The molecule has 2 aromatic rings. The number of halogens is 8. The molecule has 0 unspecified atom stereocenters. The molecule has 0 heterocycles. The van der Waals surface area contributed by atoms with E-state index in [4.69, 9.17) is 23.2 Å². The average molecular weight is 551 g/mol. The zero-order valence-electron chi connectivity index (χ0n) is 17.3. The van der Waals surface area contributed by atoms with Crippen molar-refractivity contribution in [1.29, 1.82) is 0 Å². The lowest BCUT2D eigenvalue weighted by molar-refractivity contribution is -0.260. The fourth-order valence-corrected chi connectivity index (χ4v) is 3.92. The van der Waals surface area contributed by atoms with Gasteiger partial charge in [0.15, 0.2) is 0 Å². The van der Waals surface area contributed by atoms with Crippen LogP contribution in [0, 0.1) is 0 Å². The van der Waals surface area contributed by atoms with E-state index in [2.05, 4.69) is 10.6 Å². The second-order valence-electron chi connectivity index (χ2n) is 7.23. The Balaban J connectivity index is 2.32. The monoisotopic (exact) mass is 550 g/mol. The second-order valence-corrected chi connectivity index (χ2v) is 9.54. The number of hydrogen-bond acceptors (Lipinski definition) is 4. The van der Waals surface area contributed by atoms with E-state index in [-0.39, 0.29) is 21.3 Å². The largest absolute Gasteiger partial charge is 0.423 e. The first kappa shape index (κ1) is 28.2. The van der Waals surface area contributed by atoms with Gasteiger partial charge in [0.1, 0.15) is 5.75 Å². The number of anilines is 1. The van der Waals surface area contributed by atoms with Gasteiger partial charge in [-0.25, -0.2) is 0 Å². The van der Waals surface area contributed by atoms with Crippen LogP contribution in [0.5, 0.6) is 0 Å². The van der Waals surface area contributed by atoms with E-state index < -0.39 is 64.6 Å². The third-order valence-electron chi connectivity index (χ3n) is 4.58. The van der Waals surface area contributed by atoms with Crippen LogP contribution in [0.15, 0.2) is 36.4 Å². The Morgan fingerprint density at radius 1 is 1.03 bits per heavy atom. The first-order valence-electron chi connectivity index (χ1n) is 9.29. The van der Waals surface area contributed by atoms with Crippen molar-refractivity contribution in [2.24, 2.45) is 0 Å². The average Bonchev–Trinajstić information content (AvgIpc) is 2.68. The highest BCUT2D eigenvalue weighted by atomic mass is 35.5. The number of carbonyl (C=O) groups excluding carboxylic acids is 1. The molecule has 14 heteroatoms. The molecular formula is C20H18Cl2F6N2O3S. The summed E-state index contributed by atoms with van der Waals surface area (Å²) in [5, 5.41) is 14.5. The molecule has 0 bridgehead atoms. The van der Waals surface area contributed by atoms with E-state index in [1.807, 2.05) is 0 Å². The van der Waals surface area contributed by atoms with Gasteiger partial charge in [-0.1, -0.05) is 29.3 Å². The Morgan fingerprint density at radius 2 is 1.62 bits per heavy atom. The topological polar surface area (TPSA) is 78.4 Å². The summed E-state index contributed by atoms with van der Waals surface area (Å²) >= 11 is 11.5. The molecule has 0 saturated heterocycles. The van der Waals surface area contributed by atoms with E-state index >= 15 is 0 Å². The molecular weight excluding hydrogens is 533 g/mol. The third-order valence-corrected chi connectivity index (χ3v) is 5.69. The molecule has 34 heavy (non-hydrogen) atoms. The summed E-state index contributed by atoms with van der Waals surface area (Å²) in [6, 6.07) is 5.44. The minimum Gasteiger partial charge on any atom is -0.381 e. The van der Waals surface area contributed by atoms with Crippen LogP contribution in [0.4, 0.5) is 32.0 Å². The van der Waals surface area contributed by atoms with Crippen LogP contribution in [0.1, 0.15) is 16.7 Å². The molecule has 0 aliphatic carbocycles. The van der Waals surface area contributed by atoms with Crippen molar-refractivity contribution in [3.05, 3.63) is 63.1 Å². The Morgan fingerprint density at radius 3 is 2.12 bits per heavy atom. The van der Waals surface area contributed by atoms with Crippen LogP contribution in [0.3, 0.4) is 0 Å². The first-order chi connectivity index (χ1) is 15.5. The molecule has 0 spiro atoms. The quantitative estimate of drug-likeness (QED) is 0.410. The van der Waals surface area contributed by atoms with Crippen LogP contribution < -0.4 is 10.6 Å². The van der Waals surface area contributed by atoms with Gasteiger partial charge in [-0.05, 0) is 41.5 Å². The predicted octanol–water partition coefficient (Wildman–Crippen LogP) is 4.87. The molecule has 2 rings (SSSR count). The zero-order chi connectivity index (χ0) is 25.9. The third kappa shape index (κ3) is 7.24. The molecule has 0 aromatic heterocycles. The molecule has 3 N–H and O–H groups in total. The number of amides is 1. The minimum atomic E-state index is -5.23. The van der Waals surface area contributed by atoms with E-state index in [0.717, 1.165) is 30.3 Å². The standard InChI is InChI=1S/C20H18Cl2F6N2O3S/c1-34(33)9-17(31)29-8-11-2-3-15(7-16(11)19(23,24)25)30-10-18(32,20(26,27)28)12-4-13(21)6-14(22)5-12/h2-7,30,32H,8-10H2,1H3,(H,29,31)/t18-,34-/m0/s1. The molecule has 0 aliphatic rings. The molecule has 5 nitrogen and oxygen atoms in total. The number of alkyl halides is 6. The number of benzene rings is 2. The fourth-order valence-electron chi connectivity index (χ4n) is 2.92. The summed E-state index contributed by atoms with van der Waals surface area (Å²) in [4.78, 5) is 11.6. The van der Waals surface area contributed by atoms with Crippen molar-refractivity contribution in [2.75, 3.05) is 23.9 Å². The first-order valence-corrected chi connectivity index (χ1v) is 11.8. The Bertz CT molecular complexity index is 1060. The summed E-state index contributed by atoms with van der Waals surface area (Å²) in [6.45, 7) is -1.79. The van der Waals surface area contributed by atoms with Gasteiger partial charge in [0.05, 0.1) is 12.1 Å². The zero-order valence-corrected chi connectivity index (χ0v) is 19.6. The van der Waals surface area contributed by atoms with Gasteiger partial charge < -0.3 is 15.7 Å². The number of carbonyl (C=O) groups is 1. The maximum absolute atomic E-state index is 13.7. The van der Waals surface area contributed by atoms with Crippen molar-refractivity contribution in [3.63, 3.8) is 0 Å². The van der Waals surface area contributed by atoms with Gasteiger partial charge in [0, 0.05) is 39.3 Å². The van der Waals surface area contributed by atoms with Gasteiger partial charge in [-0.15, -0.1) is 0 Å². The minimum absolute atomic E-state index is 0.178. The van der Waals surface area contributed by atoms with Gasteiger partial charge >= 0.3 is 12.4 Å². The molecule has 1 amide bonds. The summed E-state index contributed by atoms with van der Waals surface area (Å²) in [5.74, 6) is -1.13. The number of aliphatic hydroxyl groups is 1. The molecule has 2 aromatic carbocycles. The highest BCUT2D eigenvalue weighted by molar-refractivity contribution is 7.85. The Labute approximate surface area is 202 Å². The summed E-state index contributed by atoms with van der Waals surface area (Å²) < 4.78 is 92.9. The summed E-state index contributed by atoms with van der Waals surface area (Å²) in [5.41, 5.74) is -6.16. The van der Waals surface area contributed by atoms with Gasteiger partial charge in [0.2, 0.25) is 11.5 Å². The van der Waals surface area contributed by atoms with Crippen molar-refractivity contribution in [1.82, 2.24) is 5.32 Å². The Kier molecular flexibility index (Phi) is 8.89. The van der Waals surface area contributed by atoms with Crippen LogP contribution in [0.2, 0.25) is 10.0 Å². The van der Waals surface area contributed by atoms with Gasteiger partial charge in [0.25, 0.3) is 0 Å². The highest BCUT2D eigenvalue weighted by Gasteiger charge is 2.55. The van der Waals surface area contributed by atoms with Crippen LogP contribution in [-0.2, 0) is 33.9 Å². The number of rotatable bonds is 8. The van der Waals surface area contributed by atoms with Crippen LogP contribution >= 0.6 is 23.2 Å². The maximum Gasteiger partial charge on any atom is 0.423 e. The summed E-state index contributed by atoms with van der Waals surface area (Å²) in [6.07, 6.45) is -8.88. The van der Waals surface area contributed by atoms with E-state index in [9.17, 15) is 40.5 Å². The normalized spacial score (nSPS) is 14.9. The van der Waals surface area contributed by atoms with Crippen molar-refractivity contribution in [2.45, 2.75) is 24.5 Å². The molecule has 0 saturated carbocycles. The molecule has 0 aliphatic heterocycles. The lowest BCUT2D eigenvalue weighted by atomic mass is 9.92. The smallest absolute Gasteiger partial charge is 0.381 e. The SMILES string of the molecule is C[S@](=O)CC(=O)NCc1ccc(NC[C@](O)(c2cc(Cl)cc(Cl)c2)C(F)(F)F)cc1C(F)(F)F. The molecule has 0 radical (unpaired) electrons. The van der Waals surface area contributed by atoms with Gasteiger partial charge in [-0.2, -0.15) is 26.3 Å². The van der Waals surface area contributed by atoms with Gasteiger partial charge in [-0.3, -0.25) is 9.00 Å². The highest BCUT2D eigenvalue weighted by Crippen LogP contribution is 2.41. The predicted molar refractivity (Wildman–Crippen MR) is 117 cm³/mol. The number of hydrogen-bond donors (Lipinski definition) is 3. The van der Waals surface area contributed by atoms with Crippen molar-refractivity contribution in [3.8, 4) is 0 Å². The molecule has 0 fully saturated rings. The van der Waals surface area contributed by atoms with Crippen molar-refractivity contribution >= 4 is 45.6 Å². The second kappa shape index (κ2) is 10.7. The Hall–Kier alpha value is -2.02. The molecule has 2 atom stereocenters. The van der Waals surface area contributed by atoms with E-state index in [0.29, 0.717) is 6.07 Å². The van der Waals surface area contributed by atoms with E-state index in [1.54, 1.807) is 0 Å². The fraction of sp³-hybridized carbons (Fsp3) is 0.350. The van der Waals surface area contributed by atoms with Crippen molar-refractivity contribution < 1.29 is 40.5 Å². The van der Waals surface area contributed by atoms with E-state index in [1.165, 1.54) is 6.26 Å². The lowest BCUT2D eigenvalue weighted by Gasteiger charge is -2.32. The van der Waals surface area contributed by atoms with Crippen LogP contribution in [0.25, 0.3) is 0 Å². The van der Waals surface area contributed by atoms with Crippen LogP contribution in [-0.4, -0.2) is 40.0 Å². The molecule has 188 valence electrons. The summed E-state index contributed by atoms with van der Waals surface area (Å²) in [7, 11) is -1.49. The number of nitrogens with one attached hydrogen (secondary N) is 2.